The fourth-order valence-corrected chi connectivity index (χ4v) is 3.34. The van der Waals surface area contributed by atoms with Gasteiger partial charge in [-0.15, -0.1) is 0 Å². The van der Waals surface area contributed by atoms with Crippen molar-refractivity contribution in [1.29, 1.82) is 0 Å². The van der Waals surface area contributed by atoms with Crippen LogP contribution >= 0.6 is 0 Å². The van der Waals surface area contributed by atoms with E-state index in [0.29, 0.717) is 6.04 Å². The largest absolute Gasteiger partial charge is 0.324 e. The Morgan fingerprint density at radius 3 is 3.21 bits per heavy atom. The maximum absolute atomic E-state index is 12.5. The molecule has 2 atom stereocenters. The first-order valence-corrected chi connectivity index (χ1v) is 7.18. The molecule has 0 radical (unpaired) electrons. The van der Waals surface area contributed by atoms with Crippen molar-refractivity contribution < 1.29 is 4.79 Å². The zero-order valence-corrected chi connectivity index (χ0v) is 11.6. The molecule has 2 unspecified atom stereocenters. The Labute approximate surface area is 114 Å². The highest BCUT2D eigenvalue weighted by atomic mass is 16.2. The Morgan fingerprint density at radius 1 is 1.58 bits per heavy atom. The monoisotopic (exact) mass is 259 g/mol. The molecule has 1 saturated heterocycles. The van der Waals surface area contributed by atoms with Crippen LogP contribution in [0.15, 0.2) is 18.3 Å². The van der Waals surface area contributed by atoms with Gasteiger partial charge in [-0.1, -0.05) is 6.92 Å². The second kappa shape index (κ2) is 4.60. The van der Waals surface area contributed by atoms with Crippen molar-refractivity contribution >= 4 is 11.6 Å². The summed E-state index contributed by atoms with van der Waals surface area (Å²) < 4.78 is 0. The van der Waals surface area contributed by atoms with Crippen LogP contribution in [0.3, 0.4) is 0 Å². The van der Waals surface area contributed by atoms with E-state index in [1.165, 1.54) is 0 Å². The van der Waals surface area contributed by atoms with Crippen LogP contribution in [0, 0.1) is 0 Å². The predicted octanol–water partition coefficient (Wildman–Crippen LogP) is 2.17. The topological polar surface area (TPSA) is 45.2 Å². The molecule has 4 heteroatoms. The second-order valence-corrected chi connectivity index (χ2v) is 5.77. The molecule has 1 aromatic heterocycles. The molecule has 2 aliphatic rings. The van der Waals surface area contributed by atoms with E-state index in [1.54, 1.807) is 6.20 Å². The smallest absolute Gasteiger partial charge is 0.238 e. The average Bonchev–Trinajstić information content (AvgIpc) is 2.71. The first kappa shape index (κ1) is 12.6. The highest BCUT2D eigenvalue weighted by Gasteiger charge is 2.50. The summed E-state index contributed by atoms with van der Waals surface area (Å²) in [6.45, 7) is 6.34. The number of pyridine rings is 1. The minimum Gasteiger partial charge on any atom is -0.324 e. The van der Waals surface area contributed by atoms with Gasteiger partial charge in [-0.05, 0) is 44.9 Å². The Bertz CT molecular complexity index is 502. The van der Waals surface area contributed by atoms with Gasteiger partial charge in [0.25, 0.3) is 0 Å². The maximum atomic E-state index is 12.5. The summed E-state index contributed by atoms with van der Waals surface area (Å²) in [6, 6.07) is 4.36. The lowest BCUT2D eigenvalue weighted by Gasteiger charge is -2.41. The summed E-state index contributed by atoms with van der Waals surface area (Å²) >= 11 is 0. The maximum Gasteiger partial charge on any atom is 0.238 e. The molecule has 0 aromatic carbocycles. The van der Waals surface area contributed by atoms with E-state index in [-0.39, 0.29) is 5.91 Å². The molecule has 1 amide bonds. The lowest BCUT2D eigenvalue weighted by molar-refractivity contribution is -0.123. The third-order valence-corrected chi connectivity index (χ3v) is 4.68. The molecule has 3 heterocycles. The standard InChI is InChI=1S/C15H21N3O/c1-3-11(2)18-9-5-7-15(10-18)13-12(17-14(15)19)6-4-8-16-13/h4,6,8,11H,3,5,7,9-10H2,1-2H3,(H,17,19). The first-order chi connectivity index (χ1) is 9.17. The number of nitrogens with one attached hydrogen (secondary N) is 1. The second-order valence-electron chi connectivity index (χ2n) is 5.77. The summed E-state index contributed by atoms with van der Waals surface area (Å²) in [5, 5.41) is 3.01. The molecule has 1 spiro atoms. The number of carbonyl (C=O) groups is 1. The van der Waals surface area contributed by atoms with Crippen LogP contribution < -0.4 is 5.32 Å². The first-order valence-electron chi connectivity index (χ1n) is 7.18. The van der Waals surface area contributed by atoms with Gasteiger partial charge in [0.15, 0.2) is 0 Å². The number of aromatic nitrogens is 1. The van der Waals surface area contributed by atoms with Crippen molar-refractivity contribution in [1.82, 2.24) is 9.88 Å². The number of fused-ring (bicyclic) bond motifs is 2. The van der Waals surface area contributed by atoms with Crippen molar-refractivity contribution in [2.24, 2.45) is 0 Å². The van der Waals surface area contributed by atoms with Gasteiger partial charge in [0.2, 0.25) is 5.91 Å². The van der Waals surface area contributed by atoms with E-state index >= 15 is 0 Å². The Hall–Kier alpha value is -1.42. The molecular weight excluding hydrogens is 238 g/mol. The van der Waals surface area contributed by atoms with E-state index in [2.05, 4.69) is 29.0 Å². The minimum absolute atomic E-state index is 0.134. The van der Waals surface area contributed by atoms with Gasteiger partial charge in [0, 0.05) is 18.8 Å². The molecule has 4 nitrogen and oxygen atoms in total. The van der Waals surface area contributed by atoms with Crippen molar-refractivity contribution in [3.05, 3.63) is 24.0 Å². The fraction of sp³-hybridized carbons (Fsp3) is 0.600. The van der Waals surface area contributed by atoms with Gasteiger partial charge in [-0.25, -0.2) is 0 Å². The molecule has 0 aliphatic carbocycles. The molecule has 1 aromatic rings. The number of amides is 1. The van der Waals surface area contributed by atoms with E-state index in [9.17, 15) is 4.79 Å². The van der Waals surface area contributed by atoms with Crippen LogP contribution in [0.1, 0.15) is 38.8 Å². The molecular formula is C15H21N3O. The molecule has 102 valence electrons. The number of anilines is 1. The van der Waals surface area contributed by atoms with Gasteiger partial charge in [-0.3, -0.25) is 14.7 Å². The summed E-state index contributed by atoms with van der Waals surface area (Å²) in [6.07, 6.45) is 4.89. The predicted molar refractivity (Wildman–Crippen MR) is 75.1 cm³/mol. The van der Waals surface area contributed by atoms with Gasteiger partial charge in [-0.2, -0.15) is 0 Å². The number of hydrogen-bond donors (Lipinski definition) is 1. The van der Waals surface area contributed by atoms with Crippen molar-refractivity contribution in [3.63, 3.8) is 0 Å². The van der Waals surface area contributed by atoms with Gasteiger partial charge in [0.05, 0.1) is 11.4 Å². The minimum atomic E-state index is -0.418. The van der Waals surface area contributed by atoms with E-state index in [4.69, 9.17) is 0 Å². The van der Waals surface area contributed by atoms with Crippen LogP contribution in [-0.2, 0) is 10.2 Å². The van der Waals surface area contributed by atoms with Crippen LogP contribution in [0.5, 0.6) is 0 Å². The molecule has 0 bridgehead atoms. The van der Waals surface area contributed by atoms with Gasteiger partial charge in [0.1, 0.15) is 5.41 Å². The highest BCUT2D eigenvalue weighted by molar-refractivity contribution is 6.05. The third kappa shape index (κ3) is 1.86. The fourth-order valence-electron chi connectivity index (χ4n) is 3.34. The number of likely N-dealkylation sites (tertiary alicyclic amines) is 1. The SMILES string of the molecule is CCC(C)N1CCCC2(C1)C(=O)Nc1cccnc12. The Morgan fingerprint density at radius 2 is 2.42 bits per heavy atom. The van der Waals surface area contributed by atoms with E-state index in [0.717, 1.165) is 43.7 Å². The van der Waals surface area contributed by atoms with Crippen LogP contribution in [0.25, 0.3) is 0 Å². The molecule has 3 rings (SSSR count). The summed E-state index contributed by atoms with van der Waals surface area (Å²) in [4.78, 5) is 19.4. The molecule has 0 saturated carbocycles. The average molecular weight is 259 g/mol. The quantitative estimate of drug-likeness (QED) is 0.885. The normalized spacial score (nSPS) is 28.2. The van der Waals surface area contributed by atoms with Gasteiger partial charge >= 0.3 is 0 Å². The lowest BCUT2D eigenvalue weighted by Crippen LogP contribution is -2.52. The van der Waals surface area contributed by atoms with E-state index < -0.39 is 5.41 Å². The van der Waals surface area contributed by atoms with Crippen molar-refractivity contribution in [2.75, 3.05) is 18.4 Å². The Balaban J connectivity index is 1.96. The zero-order chi connectivity index (χ0) is 13.5. The van der Waals surface area contributed by atoms with Crippen LogP contribution in [-0.4, -0.2) is 34.9 Å². The third-order valence-electron chi connectivity index (χ3n) is 4.68. The summed E-state index contributed by atoms with van der Waals surface area (Å²) in [5.41, 5.74) is 1.43. The number of rotatable bonds is 2. The molecule has 19 heavy (non-hydrogen) atoms. The lowest BCUT2D eigenvalue weighted by atomic mass is 9.77. The number of carbonyl (C=O) groups excluding carboxylic acids is 1. The molecule has 1 N–H and O–H groups in total. The molecule has 2 aliphatic heterocycles. The summed E-state index contributed by atoms with van der Waals surface area (Å²) in [5.74, 6) is 0.134. The summed E-state index contributed by atoms with van der Waals surface area (Å²) in [7, 11) is 0. The zero-order valence-electron chi connectivity index (χ0n) is 11.6. The number of hydrogen-bond acceptors (Lipinski definition) is 3. The van der Waals surface area contributed by atoms with Gasteiger partial charge < -0.3 is 5.32 Å². The van der Waals surface area contributed by atoms with Crippen molar-refractivity contribution in [2.45, 2.75) is 44.6 Å². The molecule has 1 fully saturated rings. The van der Waals surface area contributed by atoms with Crippen LogP contribution in [0.4, 0.5) is 5.69 Å². The van der Waals surface area contributed by atoms with E-state index in [1.807, 2.05) is 12.1 Å². The number of nitrogens with zero attached hydrogens (tertiary/aromatic N) is 2. The Kier molecular flexibility index (Phi) is 3.05. The number of piperidine rings is 1. The highest BCUT2D eigenvalue weighted by Crippen LogP contribution is 2.42. The van der Waals surface area contributed by atoms with Crippen LogP contribution in [0.2, 0.25) is 0 Å². The van der Waals surface area contributed by atoms with Crippen molar-refractivity contribution in [3.8, 4) is 0 Å².